The number of Topliss-reactive ketones (excluding diaryl/α,β-unsaturated/α-hetero) is 1. The largest absolute Gasteiger partial charge is 0.462 e. The summed E-state index contributed by atoms with van der Waals surface area (Å²) in [5, 5.41) is 0. The van der Waals surface area contributed by atoms with E-state index in [4.69, 9.17) is 14.2 Å². The van der Waals surface area contributed by atoms with Crippen LogP contribution in [0, 0.1) is 0 Å². The highest BCUT2D eigenvalue weighted by molar-refractivity contribution is 5.77. The average molecular weight is 288 g/mol. The van der Waals surface area contributed by atoms with Crippen LogP contribution in [0.2, 0.25) is 0 Å². The van der Waals surface area contributed by atoms with Crippen molar-refractivity contribution in [3.63, 3.8) is 0 Å². The van der Waals surface area contributed by atoms with Crippen molar-refractivity contribution in [3.8, 4) is 0 Å². The molecular formula is C14H24O6. The molecule has 0 aromatic heterocycles. The number of ether oxygens (including phenoxy) is 3. The van der Waals surface area contributed by atoms with Gasteiger partial charge in [-0.1, -0.05) is 0 Å². The summed E-state index contributed by atoms with van der Waals surface area (Å²) in [5.74, 6) is -0.950. The lowest BCUT2D eigenvalue weighted by molar-refractivity contribution is -0.157. The minimum absolute atomic E-state index is 0.0324. The second kappa shape index (κ2) is 9.47. The Balaban J connectivity index is 4.01. The van der Waals surface area contributed by atoms with E-state index in [-0.39, 0.29) is 31.1 Å². The zero-order chi connectivity index (χ0) is 15.7. The van der Waals surface area contributed by atoms with Gasteiger partial charge in [0.15, 0.2) is 0 Å². The van der Waals surface area contributed by atoms with Crippen LogP contribution in [0.15, 0.2) is 0 Å². The van der Waals surface area contributed by atoms with Gasteiger partial charge in [0.25, 0.3) is 0 Å². The zero-order valence-electron chi connectivity index (χ0n) is 12.8. The van der Waals surface area contributed by atoms with Crippen molar-refractivity contribution in [2.24, 2.45) is 0 Å². The van der Waals surface area contributed by atoms with E-state index >= 15 is 0 Å². The van der Waals surface area contributed by atoms with Crippen LogP contribution in [0.5, 0.6) is 0 Å². The first-order valence-electron chi connectivity index (χ1n) is 6.65. The molecule has 0 radical (unpaired) electrons. The molecule has 116 valence electrons. The lowest BCUT2D eigenvalue weighted by atomic mass is 10.2. The van der Waals surface area contributed by atoms with Crippen molar-refractivity contribution >= 4 is 17.7 Å². The quantitative estimate of drug-likeness (QED) is 0.600. The molecule has 0 spiro atoms. The van der Waals surface area contributed by atoms with E-state index in [2.05, 4.69) is 0 Å². The van der Waals surface area contributed by atoms with Gasteiger partial charge >= 0.3 is 11.9 Å². The highest BCUT2D eigenvalue weighted by Crippen LogP contribution is 2.07. The fraction of sp³-hybridized carbons (Fsp3) is 0.786. The van der Waals surface area contributed by atoms with Crippen LogP contribution in [0.3, 0.4) is 0 Å². The molecular weight excluding hydrogens is 264 g/mol. The second-order valence-corrected chi connectivity index (χ2v) is 4.96. The third-order valence-electron chi connectivity index (χ3n) is 2.55. The van der Waals surface area contributed by atoms with Crippen LogP contribution in [-0.4, -0.2) is 43.1 Å². The molecule has 0 aliphatic rings. The SMILES string of the molecule is CO[C@H](C)CC(=O)O[C@H](C)CC(=O)O[C@@H](C)CC(C)=O. The lowest BCUT2D eigenvalue weighted by Gasteiger charge is -2.16. The number of hydrogen-bond donors (Lipinski definition) is 0. The fourth-order valence-corrected chi connectivity index (χ4v) is 1.59. The normalized spacial score (nSPS) is 15.1. The van der Waals surface area contributed by atoms with Gasteiger partial charge in [-0.25, -0.2) is 0 Å². The number of rotatable bonds is 9. The predicted molar refractivity (Wildman–Crippen MR) is 72.1 cm³/mol. The van der Waals surface area contributed by atoms with E-state index in [0.717, 1.165) is 0 Å². The van der Waals surface area contributed by atoms with Crippen molar-refractivity contribution in [1.82, 2.24) is 0 Å². The monoisotopic (exact) mass is 288 g/mol. The summed E-state index contributed by atoms with van der Waals surface area (Å²) in [6.45, 7) is 6.46. The molecule has 0 aromatic carbocycles. The van der Waals surface area contributed by atoms with Gasteiger partial charge in [0.2, 0.25) is 0 Å². The van der Waals surface area contributed by atoms with Crippen molar-refractivity contribution < 1.29 is 28.6 Å². The summed E-state index contributed by atoms with van der Waals surface area (Å²) in [4.78, 5) is 33.9. The van der Waals surface area contributed by atoms with Crippen LogP contribution >= 0.6 is 0 Å². The van der Waals surface area contributed by atoms with E-state index < -0.39 is 24.1 Å². The van der Waals surface area contributed by atoms with Crippen molar-refractivity contribution in [2.75, 3.05) is 7.11 Å². The smallest absolute Gasteiger partial charge is 0.309 e. The van der Waals surface area contributed by atoms with Gasteiger partial charge in [0.05, 0.1) is 18.9 Å². The van der Waals surface area contributed by atoms with Crippen molar-refractivity contribution in [2.45, 2.75) is 65.3 Å². The summed E-state index contributed by atoms with van der Waals surface area (Å²) in [7, 11) is 1.51. The maximum absolute atomic E-state index is 11.6. The summed E-state index contributed by atoms with van der Waals surface area (Å²) in [5.41, 5.74) is 0. The summed E-state index contributed by atoms with van der Waals surface area (Å²) in [6, 6.07) is 0. The zero-order valence-corrected chi connectivity index (χ0v) is 12.8. The average Bonchev–Trinajstić information content (AvgIpc) is 2.26. The topological polar surface area (TPSA) is 78.9 Å². The summed E-state index contributed by atoms with van der Waals surface area (Å²) >= 11 is 0. The molecule has 0 aliphatic carbocycles. The van der Waals surface area contributed by atoms with Gasteiger partial charge in [0, 0.05) is 13.5 Å². The molecule has 0 aliphatic heterocycles. The summed E-state index contributed by atoms with van der Waals surface area (Å²) < 4.78 is 15.1. The van der Waals surface area contributed by atoms with Crippen LogP contribution in [0.4, 0.5) is 0 Å². The molecule has 0 amide bonds. The van der Waals surface area contributed by atoms with Crippen LogP contribution in [0.25, 0.3) is 0 Å². The van der Waals surface area contributed by atoms with Crippen LogP contribution in [0.1, 0.15) is 47.0 Å². The fourth-order valence-electron chi connectivity index (χ4n) is 1.59. The van der Waals surface area contributed by atoms with E-state index in [1.54, 1.807) is 20.8 Å². The first-order chi connectivity index (χ1) is 9.24. The predicted octanol–water partition coefficient (Wildman–Crippen LogP) is 1.64. The molecule has 0 saturated heterocycles. The molecule has 6 heteroatoms. The Morgan fingerprint density at radius 3 is 1.60 bits per heavy atom. The number of esters is 2. The minimum atomic E-state index is -0.566. The molecule has 0 bridgehead atoms. The highest BCUT2D eigenvalue weighted by Gasteiger charge is 2.18. The van der Waals surface area contributed by atoms with Gasteiger partial charge in [-0.3, -0.25) is 14.4 Å². The number of ketones is 1. The molecule has 3 atom stereocenters. The Morgan fingerprint density at radius 2 is 1.20 bits per heavy atom. The van der Waals surface area contributed by atoms with E-state index in [1.807, 2.05) is 0 Å². The molecule has 0 saturated carbocycles. The number of methoxy groups -OCH3 is 1. The van der Waals surface area contributed by atoms with Crippen LogP contribution < -0.4 is 0 Å². The van der Waals surface area contributed by atoms with Gasteiger partial charge < -0.3 is 14.2 Å². The number of hydrogen-bond acceptors (Lipinski definition) is 6. The standard InChI is InChI=1S/C14H24O6/c1-9(15)6-11(3)19-14(17)8-12(4)20-13(16)7-10(2)18-5/h10-12H,6-8H2,1-5H3/t10-,11+,12-/m1/s1. The Kier molecular flexibility index (Phi) is 8.79. The van der Waals surface area contributed by atoms with Gasteiger partial charge in [-0.15, -0.1) is 0 Å². The summed E-state index contributed by atoms with van der Waals surface area (Å²) in [6.07, 6.45) is -0.964. The van der Waals surface area contributed by atoms with Gasteiger partial charge in [-0.05, 0) is 27.7 Å². The van der Waals surface area contributed by atoms with Crippen LogP contribution in [-0.2, 0) is 28.6 Å². The maximum atomic E-state index is 11.6. The molecule has 0 aromatic rings. The molecule has 6 nitrogen and oxygen atoms in total. The molecule has 0 rings (SSSR count). The molecule has 0 heterocycles. The first kappa shape index (κ1) is 18.6. The third-order valence-corrected chi connectivity index (χ3v) is 2.55. The number of carbonyl (C=O) groups excluding carboxylic acids is 3. The Labute approximate surface area is 119 Å². The Bertz CT molecular complexity index is 339. The van der Waals surface area contributed by atoms with Gasteiger partial charge in [0.1, 0.15) is 18.0 Å². The molecule has 20 heavy (non-hydrogen) atoms. The van der Waals surface area contributed by atoms with Crippen molar-refractivity contribution in [1.29, 1.82) is 0 Å². The number of carbonyl (C=O) groups is 3. The highest BCUT2D eigenvalue weighted by atomic mass is 16.6. The molecule has 0 N–H and O–H groups in total. The molecule has 0 unspecified atom stereocenters. The third kappa shape index (κ3) is 9.49. The van der Waals surface area contributed by atoms with E-state index in [9.17, 15) is 14.4 Å². The second-order valence-electron chi connectivity index (χ2n) is 4.96. The molecule has 0 fully saturated rings. The van der Waals surface area contributed by atoms with Gasteiger partial charge in [-0.2, -0.15) is 0 Å². The van der Waals surface area contributed by atoms with Crippen molar-refractivity contribution in [3.05, 3.63) is 0 Å². The van der Waals surface area contributed by atoms with E-state index in [0.29, 0.717) is 0 Å². The first-order valence-corrected chi connectivity index (χ1v) is 6.65. The Morgan fingerprint density at radius 1 is 0.800 bits per heavy atom. The maximum Gasteiger partial charge on any atom is 0.309 e. The lowest BCUT2D eigenvalue weighted by Crippen LogP contribution is -2.25. The van der Waals surface area contributed by atoms with E-state index in [1.165, 1.54) is 14.0 Å². The Hall–Kier alpha value is -1.43. The minimum Gasteiger partial charge on any atom is -0.462 e.